The van der Waals surface area contributed by atoms with Gasteiger partial charge >= 0.3 is 0 Å². The summed E-state index contributed by atoms with van der Waals surface area (Å²) in [4.78, 5) is 12.2. The van der Waals surface area contributed by atoms with E-state index in [-0.39, 0.29) is 27.1 Å². The normalized spacial score (nSPS) is 11.8. The molecule has 1 unspecified atom stereocenters. The van der Waals surface area contributed by atoms with Crippen LogP contribution < -0.4 is 5.01 Å². The Hall–Kier alpha value is -3.20. The van der Waals surface area contributed by atoms with E-state index in [0.717, 1.165) is 10.6 Å². The van der Waals surface area contributed by atoms with Crippen molar-refractivity contribution in [3.8, 4) is 6.07 Å². The molecular formula is C23H16Cl2FN3O. The number of hydrogen-bond donors (Lipinski definition) is 0. The van der Waals surface area contributed by atoms with Gasteiger partial charge in [-0.05, 0) is 23.8 Å². The van der Waals surface area contributed by atoms with Gasteiger partial charge in [0, 0.05) is 28.1 Å². The van der Waals surface area contributed by atoms with Gasteiger partial charge in [-0.15, -0.1) is 0 Å². The summed E-state index contributed by atoms with van der Waals surface area (Å²) in [7, 11) is 0. The summed E-state index contributed by atoms with van der Waals surface area (Å²) in [6.45, 7) is 1.36. The Morgan fingerprint density at radius 2 is 1.70 bits per heavy atom. The van der Waals surface area contributed by atoms with E-state index in [2.05, 4.69) is 11.2 Å². The molecule has 0 N–H and O–H groups in total. The molecule has 0 aliphatic rings. The van der Waals surface area contributed by atoms with E-state index in [4.69, 9.17) is 23.2 Å². The third-order valence-electron chi connectivity index (χ3n) is 4.36. The summed E-state index contributed by atoms with van der Waals surface area (Å²) in [6, 6.07) is 20.2. The van der Waals surface area contributed by atoms with Crippen molar-refractivity contribution in [2.24, 2.45) is 5.10 Å². The quantitative estimate of drug-likeness (QED) is 0.352. The van der Waals surface area contributed by atoms with Gasteiger partial charge in [0.1, 0.15) is 11.7 Å². The van der Waals surface area contributed by atoms with Crippen LogP contribution in [0.4, 0.5) is 10.1 Å². The smallest absolute Gasteiger partial charge is 0.244 e. The number of benzene rings is 3. The van der Waals surface area contributed by atoms with Gasteiger partial charge in [0.15, 0.2) is 0 Å². The van der Waals surface area contributed by atoms with Crippen LogP contribution in [0.25, 0.3) is 0 Å². The lowest BCUT2D eigenvalue weighted by molar-refractivity contribution is -0.116. The first-order valence-corrected chi connectivity index (χ1v) is 9.70. The van der Waals surface area contributed by atoms with Crippen molar-refractivity contribution in [1.29, 1.82) is 5.26 Å². The van der Waals surface area contributed by atoms with Crippen LogP contribution in [0.1, 0.15) is 29.5 Å². The lowest BCUT2D eigenvalue weighted by atomic mass is 9.92. The molecule has 4 nitrogen and oxygen atoms in total. The van der Waals surface area contributed by atoms with Gasteiger partial charge in [-0.25, -0.2) is 9.40 Å². The standard InChI is InChI=1S/C23H16Cl2FN3O/c1-15(30)29(28-14-16-7-3-2-4-8-16)17-11-20(24)23(21(25)12-17)19(13-27)18-9-5-6-10-22(18)26/h2-12,14,19H,1H3. The maximum absolute atomic E-state index is 14.2. The predicted molar refractivity (Wildman–Crippen MR) is 118 cm³/mol. The summed E-state index contributed by atoms with van der Waals surface area (Å²) >= 11 is 12.9. The minimum Gasteiger partial charge on any atom is -0.273 e. The third kappa shape index (κ3) is 4.68. The lowest BCUT2D eigenvalue weighted by Crippen LogP contribution is -2.22. The molecule has 0 heterocycles. The Labute approximate surface area is 183 Å². The van der Waals surface area contributed by atoms with Gasteiger partial charge < -0.3 is 0 Å². The van der Waals surface area contributed by atoms with E-state index in [1.165, 1.54) is 43.5 Å². The number of hydrazone groups is 1. The fourth-order valence-electron chi connectivity index (χ4n) is 2.96. The SMILES string of the molecule is CC(=O)N(N=Cc1ccccc1)c1cc(Cl)c(C(C#N)c2ccccc2F)c(Cl)c1. The van der Waals surface area contributed by atoms with Gasteiger partial charge in [-0.2, -0.15) is 10.4 Å². The lowest BCUT2D eigenvalue weighted by Gasteiger charge is -2.19. The molecule has 30 heavy (non-hydrogen) atoms. The Morgan fingerprint density at radius 1 is 1.10 bits per heavy atom. The molecule has 0 saturated heterocycles. The Balaban J connectivity index is 2.02. The van der Waals surface area contributed by atoms with Crippen LogP contribution in [0.2, 0.25) is 10.0 Å². The molecule has 150 valence electrons. The zero-order valence-electron chi connectivity index (χ0n) is 15.9. The summed E-state index contributed by atoms with van der Waals surface area (Å²) in [6.07, 6.45) is 1.54. The van der Waals surface area contributed by atoms with Crippen LogP contribution in [-0.4, -0.2) is 12.1 Å². The van der Waals surface area contributed by atoms with Crippen LogP contribution in [0, 0.1) is 17.1 Å². The van der Waals surface area contributed by atoms with Crippen LogP contribution >= 0.6 is 23.2 Å². The number of anilines is 1. The van der Waals surface area contributed by atoms with Crippen molar-refractivity contribution in [2.45, 2.75) is 12.8 Å². The summed E-state index contributed by atoms with van der Waals surface area (Å²) in [5.41, 5.74) is 1.58. The van der Waals surface area contributed by atoms with Crippen LogP contribution in [0.5, 0.6) is 0 Å². The average molecular weight is 440 g/mol. The molecule has 0 bridgehead atoms. The molecule has 0 aromatic heterocycles. The van der Waals surface area contributed by atoms with Crippen LogP contribution in [0.15, 0.2) is 71.8 Å². The largest absolute Gasteiger partial charge is 0.273 e. The highest BCUT2D eigenvalue weighted by Gasteiger charge is 2.24. The molecular weight excluding hydrogens is 424 g/mol. The fourth-order valence-corrected chi connectivity index (χ4v) is 3.65. The van der Waals surface area contributed by atoms with Crippen LogP contribution in [0.3, 0.4) is 0 Å². The molecule has 0 spiro atoms. The molecule has 0 saturated carbocycles. The molecule has 0 aliphatic heterocycles. The second kappa shape index (κ2) is 9.53. The van der Waals surface area contributed by atoms with Crippen molar-refractivity contribution in [3.63, 3.8) is 0 Å². The molecule has 1 atom stereocenters. The van der Waals surface area contributed by atoms with Crippen molar-refractivity contribution in [1.82, 2.24) is 0 Å². The van der Waals surface area contributed by atoms with E-state index in [0.29, 0.717) is 5.69 Å². The van der Waals surface area contributed by atoms with Gasteiger partial charge in [0.2, 0.25) is 5.91 Å². The number of hydrogen-bond acceptors (Lipinski definition) is 3. The third-order valence-corrected chi connectivity index (χ3v) is 4.99. The summed E-state index contributed by atoms with van der Waals surface area (Å²) in [5.74, 6) is -1.88. The maximum Gasteiger partial charge on any atom is 0.244 e. The number of rotatable bonds is 5. The second-order valence-corrected chi connectivity index (χ2v) is 7.21. The molecule has 3 rings (SSSR count). The number of carbonyl (C=O) groups excluding carboxylic acids is 1. The molecule has 7 heteroatoms. The highest BCUT2D eigenvalue weighted by Crippen LogP contribution is 2.39. The first kappa shape index (κ1) is 21.5. The van der Waals surface area contributed by atoms with E-state index >= 15 is 0 Å². The topological polar surface area (TPSA) is 56.5 Å². The molecule has 3 aromatic carbocycles. The first-order valence-electron chi connectivity index (χ1n) is 8.95. The van der Waals surface area contributed by atoms with Crippen LogP contribution in [-0.2, 0) is 4.79 Å². The van der Waals surface area contributed by atoms with Gasteiger partial charge in [0.25, 0.3) is 0 Å². The van der Waals surface area contributed by atoms with Gasteiger partial charge in [-0.1, -0.05) is 71.7 Å². The second-order valence-electron chi connectivity index (χ2n) is 6.39. The zero-order chi connectivity index (χ0) is 21.7. The number of amides is 1. The van der Waals surface area contributed by atoms with E-state index in [1.54, 1.807) is 6.07 Å². The van der Waals surface area contributed by atoms with E-state index in [1.807, 2.05) is 30.3 Å². The van der Waals surface area contributed by atoms with Gasteiger partial charge in [0.05, 0.1) is 18.0 Å². The molecule has 1 amide bonds. The van der Waals surface area contributed by atoms with E-state index < -0.39 is 11.7 Å². The molecule has 3 aromatic rings. The molecule has 0 aliphatic carbocycles. The summed E-state index contributed by atoms with van der Waals surface area (Å²) < 4.78 is 14.2. The average Bonchev–Trinajstić information content (AvgIpc) is 2.72. The van der Waals surface area contributed by atoms with Crippen molar-refractivity contribution >= 4 is 41.0 Å². The fraction of sp³-hybridized carbons (Fsp3) is 0.0870. The Morgan fingerprint density at radius 3 is 2.27 bits per heavy atom. The predicted octanol–water partition coefficient (Wildman–Crippen LogP) is 6.17. The van der Waals surface area contributed by atoms with Gasteiger partial charge in [-0.3, -0.25) is 4.79 Å². The summed E-state index contributed by atoms with van der Waals surface area (Å²) in [5, 5.41) is 15.3. The van der Waals surface area contributed by atoms with Crippen molar-refractivity contribution in [2.75, 3.05) is 5.01 Å². The monoisotopic (exact) mass is 439 g/mol. The van der Waals surface area contributed by atoms with Crippen molar-refractivity contribution in [3.05, 3.63) is 99.3 Å². The highest BCUT2D eigenvalue weighted by atomic mass is 35.5. The zero-order valence-corrected chi connectivity index (χ0v) is 17.4. The van der Waals surface area contributed by atoms with Crippen molar-refractivity contribution < 1.29 is 9.18 Å². The molecule has 0 radical (unpaired) electrons. The Kier molecular flexibility index (Phi) is 6.83. The number of halogens is 3. The molecule has 0 fully saturated rings. The minimum atomic E-state index is -1.00. The van der Waals surface area contributed by atoms with E-state index in [9.17, 15) is 14.4 Å². The maximum atomic E-state index is 14.2. The first-order chi connectivity index (χ1) is 14.4. The highest BCUT2D eigenvalue weighted by molar-refractivity contribution is 6.36. The minimum absolute atomic E-state index is 0.133. The number of nitriles is 1. The Bertz CT molecular complexity index is 1120. The number of carbonyl (C=O) groups is 1. The number of nitrogens with zero attached hydrogens (tertiary/aromatic N) is 3.